The molecule has 1 atom stereocenters. The normalized spacial score (nSPS) is 20.9. The average molecular weight is 222 g/mol. The fourth-order valence-electron chi connectivity index (χ4n) is 1.81. The summed E-state index contributed by atoms with van der Waals surface area (Å²) in [6.07, 6.45) is 5.45. The fraction of sp³-hybridized carbons (Fsp3) is 0.583. The third-order valence-corrected chi connectivity index (χ3v) is 2.76. The van der Waals surface area contributed by atoms with Crippen molar-refractivity contribution in [1.29, 1.82) is 0 Å². The molecule has 1 aromatic rings. The highest BCUT2D eigenvalue weighted by atomic mass is 16.5. The van der Waals surface area contributed by atoms with E-state index in [0.717, 1.165) is 18.6 Å². The van der Waals surface area contributed by atoms with Crippen LogP contribution in [0.25, 0.3) is 0 Å². The van der Waals surface area contributed by atoms with Gasteiger partial charge in [0, 0.05) is 18.4 Å². The Bertz CT molecular complexity index is 325. The van der Waals surface area contributed by atoms with Crippen molar-refractivity contribution in [2.45, 2.75) is 32.0 Å². The van der Waals surface area contributed by atoms with Crippen LogP contribution in [0.5, 0.6) is 0 Å². The highest BCUT2D eigenvalue weighted by molar-refractivity contribution is 5.37. The molecule has 1 aromatic heterocycles. The summed E-state index contributed by atoms with van der Waals surface area (Å²) in [5, 5.41) is 0. The van der Waals surface area contributed by atoms with Crippen LogP contribution in [0.3, 0.4) is 0 Å². The van der Waals surface area contributed by atoms with E-state index in [-0.39, 0.29) is 6.10 Å². The molecule has 4 nitrogen and oxygen atoms in total. The van der Waals surface area contributed by atoms with E-state index < -0.39 is 0 Å². The van der Waals surface area contributed by atoms with Crippen LogP contribution in [-0.2, 0) is 16.1 Å². The summed E-state index contributed by atoms with van der Waals surface area (Å²) >= 11 is 0. The van der Waals surface area contributed by atoms with Gasteiger partial charge < -0.3 is 15.2 Å². The van der Waals surface area contributed by atoms with E-state index in [0.29, 0.717) is 19.0 Å². The van der Waals surface area contributed by atoms with Crippen molar-refractivity contribution in [3.8, 4) is 0 Å². The molecule has 88 valence electrons. The van der Waals surface area contributed by atoms with Crippen molar-refractivity contribution < 1.29 is 9.47 Å². The van der Waals surface area contributed by atoms with Gasteiger partial charge in [-0.1, -0.05) is 6.07 Å². The van der Waals surface area contributed by atoms with Gasteiger partial charge in [0.2, 0.25) is 0 Å². The molecule has 1 aliphatic heterocycles. The number of anilines is 1. The van der Waals surface area contributed by atoms with Crippen molar-refractivity contribution in [3.05, 3.63) is 23.9 Å². The number of hydrogen-bond acceptors (Lipinski definition) is 4. The minimum atomic E-state index is 0.256. The van der Waals surface area contributed by atoms with Crippen LogP contribution < -0.4 is 5.73 Å². The lowest BCUT2D eigenvalue weighted by Gasteiger charge is -2.22. The Balaban J connectivity index is 1.73. The van der Waals surface area contributed by atoms with Gasteiger partial charge in [-0.05, 0) is 25.3 Å². The summed E-state index contributed by atoms with van der Waals surface area (Å²) in [5.74, 6) is 0.548. The molecule has 1 fully saturated rings. The summed E-state index contributed by atoms with van der Waals surface area (Å²) in [5.41, 5.74) is 6.66. The first-order valence-corrected chi connectivity index (χ1v) is 5.75. The smallest absolute Gasteiger partial charge is 0.128 e. The Kier molecular flexibility index (Phi) is 4.13. The second-order valence-electron chi connectivity index (χ2n) is 4.05. The zero-order chi connectivity index (χ0) is 11.2. The zero-order valence-electron chi connectivity index (χ0n) is 9.39. The standard InChI is InChI=1S/C12H18N2O2/c13-12-10(4-3-6-14-12)8-15-9-11-5-1-2-7-16-11/h3-4,6,11H,1-2,5,7-9H2,(H2,13,14). The summed E-state index contributed by atoms with van der Waals surface area (Å²) < 4.78 is 11.2. The van der Waals surface area contributed by atoms with Gasteiger partial charge >= 0.3 is 0 Å². The first-order valence-electron chi connectivity index (χ1n) is 5.75. The molecule has 1 aliphatic rings. The van der Waals surface area contributed by atoms with Gasteiger partial charge in [0.1, 0.15) is 5.82 Å². The number of ether oxygens (including phenoxy) is 2. The van der Waals surface area contributed by atoms with Crippen LogP contribution in [0.2, 0.25) is 0 Å². The third kappa shape index (κ3) is 3.18. The molecular formula is C12H18N2O2. The predicted octanol–water partition coefficient (Wildman–Crippen LogP) is 1.75. The molecule has 0 radical (unpaired) electrons. The summed E-state index contributed by atoms with van der Waals surface area (Å²) in [6.45, 7) is 2.02. The molecule has 0 amide bonds. The summed E-state index contributed by atoms with van der Waals surface area (Å²) in [6, 6.07) is 3.80. The van der Waals surface area contributed by atoms with Gasteiger partial charge in [0.15, 0.2) is 0 Å². The second-order valence-corrected chi connectivity index (χ2v) is 4.05. The molecule has 1 saturated heterocycles. The number of pyridine rings is 1. The zero-order valence-corrected chi connectivity index (χ0v) is 9.39. The van der Waals surface area contributed by atoms with Gasteiger partial charge in [-0.2, -0.15) is 0 Å². The van der Waals surface area contributed by atoms with Gasteiger partial charge in [-0.15, -0.1) is 0 Å². The molecule has 2 heterocycles. The first kappa shape index (κ1) is 11.4. The molecule has 4 heteroatoms. The van der Waals surface area contributed by atoms with E-state index in [9.17, 15) is 0 Å². The van der Waals surface area contributed by atoms with Crippen LogP contribution in [0.4, 0.5) is 5.82 Å². The van der Waals surface area contributed by atoms with Crippen molar-refractivity contribution in [2.24, 2.45) is 0 Å². The second kappa shape index (κ2) is 5.82. The monoisotopic (exact) mass is 222 g/mol. The lowest BCUT2D eigenvalue weighted by atomic mass is 10.1. The third-order valence-electron chi connectivity index (χ3n) is 2.76. The lowest BCUT2D eigenvalue weighted by Crippen LogP contribution is -2.24. The molecule has 2 rings (SSSR count). The Morgan fingerprint density at radius 1 is 1.50 bits per heavy atom. The van der Waals surface area contributed by atoms with Gasteiger partial charge in [0.25, 0.3) is 0 Å². The van der Waals surface area contributed by atoms with Crippen LogP contribution >= 0.6 is 0 Å². The molecule has 1 unspecified atom stereocenters. The SMILES string of the molecule is Nc1ncccc1COCC1CCCCO1. The Morgan fingerprint density at radius 2 is 2.44 bits per heavy atom. The maximum absolute atomic E-state index is 5.72. The van der Waals surface area contributed by atoms with E-state index in [2.05, 4.69) is 4.98 Å². The van der Waals surface area contributed by atoms with Crippen molar-refractivity contribution in [2.75, 3.05) is 18.9 Å². The molecule has 16 heavy (non-hydrogen) atoms. The Labute approximate surface area is 95.8 Å². The quantitative estimate of drug-likeness (QED) is 0.843. The maximum Gasteiger partial charge on any atom is 0.128 e. The molecule has 0 saturated carbocycles. The van der Waals surface area contributed by atoms with E-state index >= 15 is 0 Å². The van der Waals surface area contributed by atoms with Gasteiger partial charge in [-0.3, -0.25) is 0 Å². The Hall–Kier alpha value is -1.13. The van der Waals surface area contributed by atoms with Crippen LogP contribution in [0.1, 0.15) is 24.8 Å². The van der Waals surface area contributed by atoms with Crippen LogP contribution in [0, 0.1) is 0 Å². The molecule has 0 spiro atoms. The van der Waals surface area contributed by atoms with E-state index in [1.807, 2.05) is 12.1 Å². The Morgan fingerprint density at radius 3 is 3.19 bits per heavy atom. The number of nitrogens with zero attached hydrogens (tertiary/aromatic N) is 1. The highest BCUT2D eigenvalue weighted by Crippen LogP contribution is 2.14. The summed E-state index contributed by atoms with van der Waals surface area (Å²) in [4.78, 5) is 4.01. The number of hydrogen-bond donors (Lipinski definition) is 1. The van der Waals surface area contributed by atoms with Crippen molar-refractivity contribution in [3.63, 3.8) is 0 Å². The molecule has 0 bridgehead atoms. The number of nitrogens with two attached hydrogens (primary N) is 1. The number of aromatic nitrogens is 1. The molecule has 2 N–H and O–H groups in total. The van der Waals surface area contributed by atoms with Gasteiger partial charge in [0.05, 0.1) is 19.3 Å². The van der Waals surface area contributed by atoms with Crippen molar-refractivity contribution >= 4 is 5.82 Å². The first-order chi connectivity index (χ1) is 7.86. The van der Waals surface area contributed by atoms with Crippen LogP contribution in [-0.4, -0.2) is 24.3 Å². The predicted molar refractivity (Wildman–Crippen MR) is 61.9 cm³/mol. The number of nitrogen functional groups attached to an aromatic ring is 1. The lowest BCUT2D eigenvalue weighted by molar-refractivity contribution is -0.0447. The van der Waals surface area contributed by atoms with Crippen LogP contribution in [0.15, 0.2) is 18.3 Å². The summed E-state index contributed by atoms with van der Waals surface area (Å²) in [7, 11) is 0. The minimum absolute atomic E-state index is 0.256. The minimum Gasteiger partial charge on any atom is -0.383 e. The highest BCUT2D eigenvalue weighted by Gasteiger charge is 2.13. The fourth-order valence-corrected chi connectivity index (χ4v) is 1.81. The molecular weight excluding hydrogens is 204 g/mol. The topological polar surface area (TPSA) is 57.4 Å². The van der Waals surface area contributed by atoms with Gasteiger partial charge in [-0.25, -0.2) is 4.98 Å². The van der Waals surface area contributed by atoms with Crippen molar-refractivity contribution in [1.82, 2.24) is 4.98 Å². The van der Waals surface area contributed by atoms with E-state index in [4.69, 9.17) is 15.2 Å². The molecule has 0 aliphatic carbocycles. The average Bonchev–Trinajstić information content (AvgIpc) is 2.33. The maximum atomic E-state index is 5.72. The van der Waals surface area contributed by atoms with E-state index in [1.165, 1.54) is 12.8 Å². The van der Waals surface area contributed by atoms with E-state index in [1.54, 1.807) is 6.20 Å². The number of rotatable bonds is 4. The largest absolute Gasteiger partial charge is 0.383 e. The molecule has 0 aromatic carbocycles.